The van der Waals surface area contributed by atoms with E-state index >= 15 is 0 Å². The fourth-order valence-corrected chi connectivity index (χ4v) is 1.87. The van der Waals surface area contributed by atoms with Crippen LogP contribution in [-0.2, 0) is 0 Å². The molecule has 0 spiro atoms. The van der Waals surface area contributed by atoms with E-state index in [1.807, 2.05) is 6.07 Å². The molecule has 1 heterocycles. The van der Waals surface area contributed by atoms with Crippen LogP contribution < -0.4 is 0 Å². The van der Waals surface area contributed by atoms with E-state index in [-0.39, 0.29) is 0 Å². The summed E-state index contributed by atoms with van der Waals surface area (Å²) in [5.41, 5.74) is 0.871. The van der Waals surface area contributed by atoms with E-state index in [1.54, 1.807) is 24.3 Å². The normalized spacial score (nSPS) is 15.6. The Morgan fingerprint density at radius 1 is 1.62 bits per heavy atom. The lowest BCUT2D eigenvalue weighted by molar-refractivity contribution is 0.203. The van der Waals surface area contributed by atoms with Gasteiger partial charge in [0.05, 0.1) is 18.6 Å². The third-order valence-corrected chi connectivity index (χ3v) is 3.45. The summed E-state index contributed by atoms with van der Waals surface area (Å²) in [5, 5.41) is 10.3. The van der Waals surface area contributed by atoms with Crippen LogP contribution in [0.1, 0.15) is 31.9 Å². The van der Waals surface area contributed by atoms with Gasteiger partial charge in [-0.1, -0.05) is 13.8 Å². The van der Waals surface area contributed by atoms with Crippen LogP contribution in [0.3, 0.4) is 0 Å². The van der Waals surface area contributed by atoms with E-state index in [4.69, 9.17) is 4.42 Å². The van der Waals surface area contributed by atoms with Crippen LogP contribution in [0, 0.1) is 0 Å². The predicted octanol–water partition coefficient (Wildman–Crippen LogP) is 2.84. The summed E-state index contributed by atoms with van der Waals surface area (Å²) in [6.07, 6.45) is 3.94. The molecule has 0 radical (unpaired) electrons. The molecule has 0 saturated carbocycles. The molecule has 0 aliphatic rings. The molecule has 13 heavy (non-hydrogen) atoms. The van der Waals surface area contributed by atoms with Gasteiger partial charge in [-0.05, 0) is 12.5 Å². The van der Waals surface area contributed by atoms with Crippen molar-refractivity contribution >= 4 is 11.8 Å². The average Bonchev–Trinajstić information content (AvgIpc) is 2.66. The monoisotopic (exact) mass is 200 g/mol. The Labute approximate surface area is 83.3 Å². The summed E-state index contributed by atoms with van der Waals surface area (Å²) >= 11 is 1.79. The largest absolute Gasteiger partial charge is 0.472 e. The fraction of sp³-hybridized carbons (Fsp3) is 0.600. The van der Waals surface area contributed by atoms with Crippen molar-refractivity contribution in [3.63, 3.8) is 0 Å². The predicted molar refractivity (Wildman–Crippen MR) is 55.9 cm³/mol. The van der Waals surface area contributed by atoms with Crippen molar-refractivity contribution in [2.24, 2.45) is 0 Å². The molecule has 0 aliphatic heterocycles. The minimum absolute atomic E-state index is 0.391. The van der Waals surface area contributed by atoms with Gasteiger partial charge in [-0.15, -0.1) is 0 Å². The van der Waals surface area contributed by atoms with Gasteiger partial charge in [0.15, 0.2) is 0 Å². The lowest BCUT2D eigenvalue weighted by Crippen LogP contribution is -2.03. The van der Waals surface area contributed by atoms with E-state index in [9.17, 15) is 5.11 Å². The molecule has 0 aromatic carbocycles. The minimum Gasteiger partial charge on any atom is -0.472 e. The second kappa shape index (κ2) is 5.35. The van der Waals surface area contributed by atoms with Crippen molar-refractivity contribution in [2.45, 2.75) is 31.6 Å². The zero-order chi connectivity index (χ0) is 9.68. The van der Waals surface area contributed by atoms with E-state index in [0.29, 0.717) is 5.25 Å². The molecular weight excluding hydrogens is 184 g/mol. The summed E-state index contributed by atoms with van der Waals surface area (Å²) in [5.74, 6) is 0.745. The number of aliphatic hydroxyl groups excluding tert-OH is 1. The summed E-state index contributed by atoms with van der Waals surface area (Å²) in [6, 6.07) is 1.81. The number of rotatable bonds is 5. The highest BCUT2D eigenvalue weighted by Crippen LogP contribution is 2.22. The summed E-state index contributed by atoms with van der Waals surface area (Å²) in [4.78, 5) is 0. The highest BCUT2D eigenvalue weighted by atomic mass is 32.2. The zero-order valence-electron chi connectivity index (χ0n) is 8.06. The van der Waals surface area contributed by atoms with Crippen LogP contribution in [0.5, 0.6) is 0 Å². The summed E-state index contributed by atoms with van der Waals surface area (Å²) < 4.78 is 4.90. The lowest BCUT2D eigenvalue weighted by Gasteiger charge is -2.11. The smallest absolute Gasteiger partial charge is 0.0960 e. The minimum atomic E-state index is -0.391. The van der Waals surface area contributed by atoms with E-state index in [2.05, 4.69) is 13.8 Å². The molecule has 1 aromatic heterocycles. The van der Waals surface area contributed by atoms with Gasteiger partial charge in [0.2, 0.25) is 0 Å². The number of furan rings is 1. The standard InChI is InChI=1S/C10H16O2S/c1-3-8(2)13-7-10(11)9-4-5-12-6-9/h4-6,8,10-11H,3,7H2,1-2H3. The highest BCUT2D eigenvalue weighted by Gasteiger charge is 2.10. The highest BCUT2D eigenvalue weighted by molar-refractivity contribution is 7.99. The topological polar surface area (TPSA) is 33.4 Å². The lowest BCUT2D eigenvalue weighted by atomic mass is 10.2. The molecule has 0 fully saturated rings. The van der Waals surface area contributed by atoms with Crippen LogP contribution in [0.15, 0.2) is 23.0 Å². The Hall–Kier alpha value is -0.410. The SMILES string of the molecule is CCC(C)SCC(O)c1ccoc1. The Bertz CT molecular complexity index is 221. The van der Waals surface area contributed by atoms with Crippen molar-refractivity contribution < 1.29 is 9.52 Å². The molecule has 0 bridgehead atoms. The second-order valence-electron chi connectivity index (χ2n) is 3.12. The Balaban J connectivity index is 2.30. The number of hydrogen-bond acceptors (Lipinski definition) is 3. The first kappa shape index (κ1) is 10.7. The van der Waals surface area contributed by atoms with Gasteiger partial charge < -0.3 is 9.52 Å². The Kier molecular flexibility index (Phi) is 4.39. The molecular formula is C10H16O2S. The maximum Gasteiger partial charge on any atom is 0.0960 e. The van der Waals surface area contributed by atoms with Crippen molar-refractivity contribution in [3.8, 4) is 0 Å². The van der Waals surface area contributed by atoms with Gasteiger partial charge in [0, 0.05) is 16.6 Å². The van der Waals surface area contributed by atoms with Crippen LogP contribution in [0.4, 0.5) is 0 Å². The Morgan fingerprint density at radius 2 is 2.38 bits per heavy atom. The van der Waals surface area contributed by atoms with Crippen molar-refractivity contribution in [2.75, 3.05) is 5.75 Å². The molecule has 0 saturated heterocycles. The van der Waals surface area contributed by atoms with Crippen LogP contribution in [0.25, 0.3) is 0 Å². The van der Waals surface area contributed by atoms with Crippen LogP contribution in [-0.4, -0.2) is 16.1 Å². The molecule has 74 valence electrons. The third kappa shape index (κ3) is 3.44. The molecule has 1 aromatic rings. The molecule has 1 rings (SSSR count). The van der Waals surface area contributed by atoms with E-state index in [0.717, 1.165) is 17.7 Å². The first-order valence-corrected chi connectivity index (χ1v) is 5.60. The molecule has 2 unspecified atom stereocenters. The maximum absolute atomic E-state index is 9.67. The first-order valence-electron chi connectivity index (χ1n) is 4.55. The summed E-state index contributed by atoms with van der Waals surface area (Å²) in [7, 11) is 0. The van der Waals surface area contributed by atoms with Gasteiger partial charge in [-0.25, -0.2) is 0 Å². The molecule has 3 heteroatoms. The molecule has 0 amide bonds. The quantitative estimate of drug-likeness (QED) is 0.793. The molecule has 0 aliphatic carbocycles. The zero-order valence-corrected chi connectivity index (χ0v) is 8.88. The number of aliphatic hydroxyl groups is 1. The van der Waals surface area contributed by atoms with Crippen molar-refractivity contribution in [3.05, 3.63) is 24.2 Å². The number of thioether (sulfide) groups is 1. The first-order chi connectivity index (χ1) is 6.24. The summed E-state index contributed by atoms with van der Waals surface area (Å²) in [6.45, 7) is 4.33. The van der Waals surface area contributed by atoms with Crippen molar-refractivity contribution in [1.29, 1.82) is 0 Å². The number of hydrogen-bond donors (Lipinski definition) is 1. The third-order valence-electron chi connectivity index (χ3n) is 2.04. The van der Waals surface area contributed by atoms with Gasteiger partial charge >= 0.3 is 0 Å². The van der Waals surface area contributed by atoms with Gasteiger partial charge in [-0.3, -0.25) is 0 Å². The molecule has 2 atom stereocenters. The van der Waals surface area contributed by atoms with E-state index in [1.165, 1.54) is 0 Å². The van der Waals surface area contributed by atoms with Gasteiger partial charge in [0.1, 0.15) is 0 Å². The van der Waals surface area contributed by atoms with Gasteiger partial charge in [-0.2, -0.15) is 11.8 Å². The Morgan fingerprint density at radius 3 is 2.92 bits per heavy atom. The van der Waals surface area contributed by atoms with E-state index < -0.39 is 6.10 Å². The van der Waals surface area contributed by atoms with Crippen molar-refractivity contribution in [1.82, 2.24) is 0 Å². The maximum atomic E-state index is 9.67. The fourth-order valence-electron chi connectivity index (χ4n) is 0.934. The molecule has 1 N–H and O–H groups in total. The van der Waals surface area contributed by atoms with Crippen LogP contribution in [0.2, 0.25) is 0 Å². The van der Waals surface area contributed by atoms with Crippen LogP contribution >= 0.6 is 11.8 Å². The average molecular weight is 200 g/mol. The molecule has 2 nitrogen and oxygen atoms in total. The second-order valence-corrected chi connectivity index (χ2v) is 4.60. The van der Waals surface area contributed by atoms with Gasteiger partial charge in [0.25, 0.3) is 0 Å².